The topological polar surface area (TPSA) is 19.7 Å². The first-order chi connectivity index (χ1) is 13.1. The molecule has 2 nitrogen and oxygen atoms in total. The highest BCUT2D eigenvalue weighted by Gasteiger charge is 2.41. The van der Waals surface area contributed by atoms with E-state index in [1.165, 1.54) is 42.6 Å². The number of aryl methyl sites for hydroxylation is 1. The molecule has 2 unspecified atom stereocenters. The quantitative estimate of drug-likeness (QED) is 0.372. The first-order valence-electron chi connectivity index (χ1n) is 10.3. The summed E-state index contributed by atoms with van der Waals surface area (Å²) in [5, 5.41) is 0. The highest BCUT2D eigenvalue weighted by Crippen LogP contribution is 2.43. The van der Waals surface area contributed by atoms with Crippen LogP contribution in [0.25, 0.3) is 0 Å². The summed E-state index contributed by atoms with van der Waals surface area (Å²) in [5.41, 5.74) is 2.85. The summed E-state index contributed by atoms with van der Waals surface area (Å²) in [4.78, 5) is 3.56. The van der Waals surface area contributed by atoms with Gasteiger partial charge in [0.1, 0.15) is 12.4 Å². The van der Waals surface area contributed by atoms with E-state index in [0.29, 0.717) is 5.92 Å². The molecule has 1 aromatic heterocycles. The van der Waals surface area contributed by atoms with E-state index < -0.39 is 0 Å². The van der Waals surface area contributed by atoms with E-state index >= 15 is 0 Å². The molecule has 2 atom stereocenters. The van der Waals surface area contributed by atoms with Crippen LogP contribution >= 0.6 is 0 Å². The number of aromatic nitrogens is 2. The average molecular weight is 362 g/mol. The Morgan fingerprint density at radius 2 is 1.63 bits per heavy atom. The summed E-state index contributed by atoms with van der Waals surface area (Å²) in [6.07, 6.45) is 10.2. The molecule has 3 aromatic rings. The zero-order valence-corrected chi connectivity index (χ0v) is 17.0. The Hall–Kier alpha value is -2.35. The zero-order chi connectivity index (χ0) is 19.1. The van der Waals surface area contributed by atoms with Gasteiger partial charge in [-0.25, -0.2) is 9.55 Å². The van der Waals surface area contributed by atoms with Gasteiger partial charge in [-0.3, -0.25) is 0 Å². The van der Waals surface area contributed by atoms with Gasteiger partial charge in [0, 0.05) is 5.41 Å². The Bertz CT molecular complexity index is 807. The van der Waals surface area contributed by atoms with Crippen molar-refractivity contribution in [2.24, 2.45) is 7.05 Å². The van der Waals surface area contributed by atoms with E-state index in [1.807, 2.05) is 0 Å². The van der Waals surface area contributed by atoms with Gasteiger partial charge in [-0.05, 0) is 24.0 Å². The maximum atomic E-state index is 3.56. The first kappa shape index (κ1) is 19.4. The molecule has 2 heteroatoms. The molecule has 0 spiro atoms. The van der Waals surface area contributed by atoms with E-state index in [0.717, 1.165) is 6.42 Å². The molecule has 3 rings (SSSR count). The molecule has 0 fully saturated rings. The third kappa shape index (κ3) is 4.50. The van der Waals surface area contributed by atoms with Crippen LogP contribution in [0.4, 0.5) is 0 Å². The summed E-state index contributed by atoms with van der Waals surface area (Å²) in [7, 11) is 2.16. The van der Waals surface area contributed by atoms with Gasteiger partial charge in [0.15, 0.2) is 0 Å². The van der Waals surface area contributed by atoms with Crippen molar-refractivity contribution in [2.75, 3.05) is 0 Å². The number of imidazole rings is 1. The molecule has 0 aliphatic rings. The van der Waals surface area contributed by atoms with E-state index in [4.69, 9.17) is 0 Å². The summed E-state index contributed by atoms with van der Waals surface area (Å²) < 4.78 is 2.27. The average Bonchev–Trinajstić information content (AvgIpc) is 3.12. The number of hydrogen-bond acceptors (Lipinski definition) is 0. The molecule has 0 bridgehead atoms. The van der Waals surface area contributed by atoms with Crippen LogP contribution in [0, 0.1) is 0 Å². The molecule has 0 radical (unpaired) electrons. The number of nitrogens with zero attached hydrogens (tertiary/aromatic N) is 1. The molecule has 1 N–H and O–H groups in total. The van der Waals surface area contributed by atoms with E-state index in [-0.39, 0.29) is 5.41 Å². The zero-order valence-electron chi connectivity index (χ0n) is 17.0. The van der Waals surface area contributed by atoms with Gasteiger partial charge in [-0.15, -0.1) is 0 Å². The minimum absolute atomic E-state index is 0.0268. The summed E-state index contributed by atoms with van der Waals surface area (Å²) in [6, 6.07) is 22.0. The predicted octanol–water partition coefficient (Wildman–Crippen LogP) is 5.70. The molecule has 142 valence electrons. The molecule has 2 aromatic carbocycles. The Morgan fingerprint density at radius 3 is 2.22 bits per heavy atom. The van der Waals surface area contributed by atoms with Crippen LogP contribution in [0.15, 0.2) is 73.1 Å². The van der Waals surface area contributed by atoms with Gasteiger partial charge in [0.2, 0.25) is 0 Å². The van der Waals surface area contributed by atoms with Crippen LogP contribution in [0.1, 0.15) is 62.4 Å². The molecule has 27 heavy (non-hydrogen) atoms. The second kappa shape index (κ2) is 9.03. The number of nitrogens with one attached hydrogen (secondary N) is 1. The van der Waals surface area contributed by atoms with Crippen molar-refractivity contribution in [1.82, 2.24) is 4.98 Å². The van der Waals surface area contributed by atoms with Crippen molar-refractivity contribution in [2.45, 2.75) is 57.3 Å². The Morgan fingerprint density at radius 1 is 0.963 bits per heavy atom. The Balaban J connectivity index is 2.05. The molecule has 0 saturated heterocycles. The van der Waals surface area contributed by atoms with Crippen molar-refractivity contribution in [1.29, 1.82) is 0 Å². The standard InChI is InChI=1S/C25H32N2/c1-4-5-8-17-23(24-26-18-19-27(24)3)25(2,22-15-11-7-12-16-22)20-21-13-9-6-10-14-21/h6-7,9-16,18-19,23H,4-5,8,17,20H2,1-3H3/p+1. The van der Waals surface area contributed by atoms with Gasteiger partial charge < -0.3 is 0 Å². The normalized spacial score (nSPS) is 14.6. The second-order valence-corrected chi connectivity index (χ2v) is 7.95. The highest BCUT2D eigenvalue weighted by atomic mass is 15.0. The van der Waals surface area contributed by atoms with Crippen molar-refractivity contribution < 1.29 is 4.57 Å². The fourth-order valence-corrected chi connectivity index (χ4v) is 4.38. The summed E-state index contributed by atoms with van der Waals surface area (Å²) in [5.74, 6) is 1.76. The number of hydrogen-bond donors (Lipinski definition) is 1. The minimum Gasteiger partial charge on any atom is -0.247 e. The molecule has 1 heterocycles. The number of aromatic amines is 1. The fraction of sp³-hybridized carbons (Fsp3) is 0.400. The van der Waals surface area contributed by atoms with Gasteiger partial charge in [-0.2, -0.15) is 0 Å². The molecule has 0 amide bonds. The second-order valence-electron chi connectivity index (χ2n) is 7.95. The molecule has 0 aliphatic carbocycles. The van der Waals surface area contributed by atoms with Crippen molar-refractivity contribution >= 4 is 0 Å². The lowest BCUT2D eigenvalue weighted by Gasteiger charge is -2.37. The van der Waals surface area contributed by atoms with Gasteiger partial charge >= 0.3 is 0 Å². The monoisotopic (exact) mass is 361 g/mol. The summed E-state index contributed by atoms with van der Waals surface area (Å²) >= 11 is 0. The van der Waals surface area contributed by atoms with Crippen LogP contribution in [0.3, 0.4) is 0 Å². The molecule has 0 saturated carbocycles. The first-order valence-corrected chi connectivity index (χ1v) is 10.3. The maximum Gasteiger partial charge on any atom is 0.258 e. The lowest BCUT2D eigenvalue weighted by atomic mass is 9.66. The Kier molecular flexibility index (Phi) is 6.49. The maximum absolute atomic E-state index is 3.56. The van der Waals surface area contributed by atoms with Gasteiger partial charge in [0.05, 0.1) is 13.0 Å². The van der Waals surface area contributed by atoms with Crippen LogP contribution in [-0.2, 0) is 18.9 Å². The minimum atomic E-state index is 0.0268. The lowest BCUT2D eigenvalue weighted by Crippen LogP contribution is -2.41. The van der Waals surface area contributed by atoms with E-state index in [1.54, 1.807) is 0 Å². The van der Waals surface area contributed by atoms with Crippen molar-refractivity contribution in [3.63, 3.8) is 0 Å². The largest absolute Gasteiger partial charge is 0.258 e. The highest BCUT2D eigenvalue weighted by molar-refractivity contribution is 5.32. The van der Waals surface area contributed by atoms with Crippen LogP contribution < -0.4 is 4.57 Å². The van der Waals surface area contributed by atoms with E-state index in [2.05, 4.69) is 104 Å². The third-order valence-electron chi connectivity index (χ3n) is 5.95. The van der Waals surface area contributed by atoms with Gasteiger partial charge in [0.25, 0.3) is 5.82 Å². The summed E-state index contributed by atoms with van der Waals surface area (Å²) in [6.45, 7) is 4.73. The lowest BCUT2D eigenvalue weighted by molar-refractivity contribution is -0.679. The SMILES string of the molecule is CCCCCC(c1[nH]cc[n+]1C)C(C)(Cc1ccccc1)c1ccccc1. The number of benzene rings is 2. The van der Waals surface area contributed by atoms with E-state index in [9.17, 15) is 0 Å². The smallest absolute Gasteiger partial charge is 0.247 e. The van der Waals surface area contributed by atoms with Crippen LogP contribution in [-0.4, -0.2) is 4.98 Å². The van der Waals surface area contributed by atoms with Gasteiger partial charge in [-0.1, -0.05) is 93.8 Å². The fourth-order valence-electron chi connectivity index (χ4n) is 4.38. The number of unbranched alkanes of at least 4 members (excludes halogenated alkanes) is 2. The molecular weight excluding hydrogens is 328 g/mol. The molecular formula is C25H33N2+. The predicted molar refractivity (Wildman–Crippen MR) is 113 cm³/mol. The third-order valence-corrected chi connectivity index (χ3v) is 5.95. The molecule has 0 aliphatic heterocycles. The number of rotatable bonds is 9. The Labute approximate surface area is 164 Å². The van der Waals surface area contributed by atoms with Crippen LogP contribution in [0.5, 0.6) is 0 Å². The van der Waals surface area contributed by atoms with Crippen LogP contribution in [0.2, 0.25) is 0 Å². The van der Waals surface area contributed by atoms with Crippen molar-refractivity contribution in [3.8, 4) is 0 Å². The number of H-pyrrole nitrogens is 1. The van der Waals surface area contributed by atoms with Crippen molar-refractivity contribution in [3.05, 3.63) is 90.0 Å².